The van der Waals surface area contributed by atoms with Gasteiger partial charge in [-0.2, -0.15) is 0 Å². The minimum absolute atomic E-state index is 0.0519. The molecule has 2 aliphatic heterocycles. The van der Waals surface area contributed by atoms with E-state index < -0.39 is 0 Å². The van der Waals surface area contributed by atoms with Crippen molar-refractivity contribution < 1.29 is 9.59 Å². The summed E-state index contributed by atoms with van der Waals surface area (Å²) in [5.74, 6) is 2.33. The van der Waals surface area contributed by atoms with Crippen molar-refractivity contribution >= 4 is 41.7 Å². The van der Waals surface area contributed by atoms with Crippen LogP contribution in [0.15, 0.2) is 66.9 Å². The average molecular weight is 626 g/mol. The molecule has 2 aromatic carbocycles. The number of aryl methyl sites for hydroxylation is 1. The maximum absolute atomic E-state index is 14.0. The largest absolute Gasteiger partial charge is 0.338 e. The van der Waals surface area contributed by atoms with E-state index >= 15 is 0 Å². The van der Waals surface area contributed by atoms with Crippen LogP contribution in [-0.4, -0.2) is 79.7 Å². The Hall–Kier alpha value is -4.44. The van der Waals surface area contributed by atoms with E-state index in [-0.39, 0.29) is 23.3 Å². The number of benzene rings is 2. The standard InChI is InChI=1S/C37H40BN7O2/c1-22-14-27(36(47)44-21-28-11-12-31(44)37(28,38)39)15-29-32(22)45(20-24-17-42(18-24)35(46)25-6-3-2-4-7-25)34(41-29)30-16-26-8-5-13-40-33(26)43(30)19-23-9-10-23/h2-8,13-16,23-24,28,31H,9-12,17-21,38-39H2,1H3. The first-order valence-electron chi connectivity index (χ1n) is 17.2. The molecule has 5 heterocycles. The molecule has 2 saturated heterocycles. The number of imidazole rings is 1. The molecule has 2 bridgehead atoms. The molecule has 2 aliphatic carbocycles. The summed E-state index contributed by atoms with van der Waals surface area (Å²) in [4.78, 5) is 41.2. The molecule has 3 atom stereocenters. The van der Waals surface area contributed by atoms with Gasteiger partial charge in [0.15, 0.2) is 5.82 Å². The third-order valence-electron chi connectivity index (χ3n) is 11.4. The molecule has 9 nitrogen and oxygen atoms in total. The first kappa shape index (κ1) is 28.8. The predicted octanol–water partition coefficient (Wildman–Crippen LogP) is 4.07. The molecule has 0 radical (unpaired) electrons. The average Bonchev–Trinajstić information content (AvgIpc) is 3.51. The maximum Gasteiger partial charge on any atom is 0.254 e. The molecular weight excluding hydrogens is 585 g/mol. The fraction of sp³-hybridized carbons (Fsp3) is 0.405. The van der Waals surface area contributed by atoms with E-state index in [0.29, 0.717) is 36.4 Å². The number of hydrogen-bond acceptors (Lipinski definition) is 5. The lowest BCUT2D eigenvalue weighted by molar-refractivity contribution is 0.0471. The van der Waals surface area contributed by atoms with Crippen LogP contribution in [0.2, 0.25) is 0 Å². The molecule has 47 heavy (non-hydrogen) atoms. The Morgan fingerprint density at radius 3 is 2.40 bits per heavy atom. The Morgan fingerprint density at radius 2 is 1.68 bits per heavy atom. The maximum atomic E-state index is 14.0. The highest BCUT2D eigenvalue weighted by Gasteiger charge is 2.54. The van der Waals surface area contributed by atoms with Gasteiger partial charge in [0, 0.05) is 72.8 Å². The summed E-state index contributed by atoms with van der Waals surface area (Å²) in [6.07, 6.45) is 6.40. The number of likely N-dealkylation sites (tertiary alicyclic amines) is 2. The lowest BCUT2D eigenvalue weighted by Crippen LogP contribution is -2.52. The van der Waals surface area contributed by atoms with Crippen LogP contribution in [0.25, 0.3) is 33.6 Å². The van der Waals surface area contributed by atoms with Crippen LogP contribution in [0, 0.1) is 24.7 Å². The Balaban J connectivity index is 1.11. The van der Waals surface area contributed by atoms with Gasteiger partial charge < -0.3 is 24.7 Å². The topological polar surface area (TPSA) is 102 Å². The molecule has 4 aliphatic rings. The van der Waals surface area contributed by atoms with Gasteiger partial charge in [0.05, 0.1) is 16.7 Å². The van der Waals surface area contributed by atoms with E-state index in [4.69, 9.17) is 15.7 Å². The summed E-state index contributed by atoms with van der Waals surface area (Å²) in [6.45, 7) is 5.87. The number of carbonyl (C=O) groups excluding carboxylic acids is 2. The minimum Gasteiger partial charge on any atom is -0.338 e. The zero-order chi connectivity index (χ0) is 32.0. The number of pyridine rings is 1. The lowest BCUT2D eigenvalue weighted by Gasteiger charge is -2.40. The summed E-state index contributed by atoms with van der Waals surface area (Å²) in [7, 11) is 2.11. The SMILES string of the molecule is BC1(N)C2CCC1N(C(=O)c1cc(C)c3c(c1)nc(-c1cc4cccnc4n1CC1CC1)n3CC1CN(C(=O)c3ccccc3)C1)C2. The first-order chi connectivity index (χ1) is 22.8. The Labute approximate surface area is 275 Å². The number of nitrogens with zero attached hydrogens (tertiary/aromatic N) is 6. The van der Waals surface area contributed by atoms with E-state index in [2.05, 4.69) is 36.0 Å². The molecule has 238 valence electrons. The quantitative estimate of drug-likeness (QED) is 0.275. The van der Waals surface area contributed by atoms with Crippen molar-refractivity contribution in [3.63, 3.8) is 0 Å². The molecule has 9 rings (SSSR count). The van der Waals surface area contributed by atoms with Crippen molar-refractivity contribution in [1.82, 2.24) is 28.9 Å². The van der Waals surface area contributed by atoms with Gasteiger partial charge in [0.25, 0.3) is 11.8 Å². The van der Waals surface area contributed by atoms with E-state index in [1.165, 1.54) is 12.8 Å². The monoisotopic (exact) mass is 625 g/mol. The van der Waals surface area contributed by atoms with Crippen molar-refractivity contribution in [2.24, 2.45) is 23.5 Å². The second kappa shape index (κ2) is 10.5. The summed E-state index contributed by atoms with van der Waals surface area (Å²) in [5.41, 5.74) is 12.7. The number of rotatable bonds is 7. The number of carbonyl (C=O) groups is 2. The van der Waals surface area contributed by atoms with Crippen molar-refractivity contribution in [2.75, 3.05) is 19.6 Å². The molecular formula is C37H40BN7O2. The zero-order valence-corrected chi connectivity index (χ0v) is 27.1. The Bertz CT molecular complexity index is 2060. The van der Waals surface area contributed by atoms with Gasteiger partial charge in [0.2, 0.25) is 0 Å². The highest BCUT2D eigenvalue weighted by molar-refractivity contribution is 6.17. The number of piperidine rings is 1. The van der Waals surface area contributed by atoms with Crippen molar-refractivity contribution in [3.05, 3.63) is 83.6 Å². The van der Waals surface area contributed by atoms with Gasteiger partial charge in [-0.1, -0.05) is 18.2 Å². The number of nitrogens with two attached hydrogens (primary N) is 1. The molecule has 2 N–H and O–H groups in total. The molecule has 10 heteroatoms. The first-order valence-corrected chi connectivity index (χ1v) is 17.2. The van der Waals surface area contributed by atoms with Crippen LogP contribution in [0.4, 0.5) is 0 Å². The fourth-order valence-corrected chi connectivity index (χ4v) is 8.65. The molecule has 2 saturated carbocycles. The molecule has 2 amide bonds. The van der Waals surface area contributed by atoms with Crippen LogP contribution in [0.5, 0.6) is 0 Å². The van der Waals surface area contributed by atoms with E-state index in [0.717, 1.165) is 77.2 Å². The van der Waals surface area contributed by atoms with Gasteiger partial charge in [-0.05, 0) is 92.5 Å². The van der Waals surface area contributed by atoms with Crippen LogP contribution >= 0.6 is 0 Å². The van der Waals surface area contributed by atoms with Crippen LogP contribution in [0.1, 0.15) is 52.0 Å². The Morgan fingerprint density at radius 1 is 0.894 bits per heavy atom. The normalized spacial score (nSPS) is 24.0. The van der Waals surface area contributed by atoms with E-state index in [1.807, 2.05) is 64.5 Å². The van der Waals surface area contributed by atoms with Crippen molar-refractivity contribution in [1.29, 1.82) is 0 Å². The van der Waals surface area contributed by atoms with E-state index in [9.17, 15) is 9.59 Å². The van der Waals surface area contributed by atoms with Crippen molar-refractivity contribution in [2.45, 2.75) is 57.2 Å². The van der Waals surface area contributed by atoms with Gasteiger partial charge in [-0.3, -0.25) is 9.59 Å². The smallest absolute Gasteiger partial charge is 0.254 e. The third-order valence-corrected chi connectivity index (χ3v) is 11.4. The molecule has 4 fully saturated rings. The Kier molecular flexibility index (Phi) is 6.45. The van der Waals surface area contributed by atoms with Gasteiger partial charge in [0.1, 0.15) is 13.5 Å². The number of aromatic nitrogens is 4. The number of hydrogen-bond donors (Lipinski definition) is 1. The number of amides is 2. The predicted molar refractivity (Wildman–Crippen MR) is 185 cm³/mol. The fourth-order valence-electron chi connectivity index (χ4n) is 8.65. The van der Waals surface area contributed by atoms with Crippen LogP contribution in [-0.2, 0) is 13.1 Å². The zero-order valence-electron chi connectivity index (χ0n) is 27.1. The second-order valence-electron chi connectivity index (χ2n) is 14.8. The summed E-state index contributed by atoms with van der Waals surface area (Å²) < 4.78 is 4.70. The minimum atomic E-state index is -0.328. The number of fused-ring (bicyclic) bond motifs is 4. The summed E-state index contributed by atoms with van der Waals surface area (Å²) in [6, 6.07) is 20.0. The van der Waals surface area contributed by atoms with E-state index in [1.54, 1.807) is 0 Å². The highest BCUT2D eigenvalue weighted by atomic mass is 16.2. The summed E-state index contributed by atoms with van der Waals surface area (Å²) >= 11 is 0. The lowest BCUT2D eigenvalue weighted by atomic mass is 9.71. The molecule has 0 spiro atoms. The van der Waals surface area contributed by atoms with Gasteiger partial charge >= 0.3 is 0 Å². The van der Waals surface area contributed by atoms with Crippen molar-refractivity contribution in [3.8, 4) is 11.5 Å². The molecule has 3 aromatic heterocycles. The molecule has 3 unspecified atom stereocenters. The second-order valence-corrected chi connectivity index (χ2v) is 14.8. The van der Waals surface area contributed by atoms with Crippen LogP contribution in [0.3, 0.4) is 0 Å². The summed E-state index contributed by atoms with van der Waals surface area (Å²) in [5, 5.41) is 1.10. The molecule has 5 aromatic rings. The third kappa shape index (κ3) is 4.63. The van der Waals surface area contributed by atoms with Gasteiger partial charge in [-0.15, -0.1) is 0 Å². The highest BCUT2D eigenvalue weighted by Crippen LogP contribution is 2.43. The van der Waals surface area contributed by atoms with Gasteiger partial charge in [-0.25, -0.2) is 9.97 Å². The van der Waals surface area contributed by atoms with Crippen LogP contribution < -0.4 is 5.73 Å².